The molecule has 10 heteroatoms. The molecule has 32 heavy (non-hydrogen) atoms. The van der Waals surface area contributed by atoms with Gasteiger partial charge in [0.05, 0.1) is 24.3 Å². The van der Waals surface area contributed by atoms with Crippen molar-refractivity contribution < 1.29 is 22.7 Å². The first-order valence-corrected chi connectivity index (χ1v) is 11.0. The number of halogens is 4. The predicted octanol–water partition coefficient (Wildman–Crippen LogP) is 4.74. The highest BCUT2D eigenvalue weighted by molar-refractivity contribution is 9.08. The number of benzene rings is 1. The molecule has 0 bridgehead atoms. The Morgan fingerprint density at radius 1 is 1.19 bits per heavy atom. The molecule has 0 fully saturated rings. The fourth-order valence-corrected chi connectivity index (χ4v) is 4.06. The highest BCUT2D eigenvalue weighted by Crippen LogP contribution is 2.42. The van der Waals surface area contributed by atoms with E-state index < -0.39 is 11.9 Å². The number of fused-ring (bicyclic) bond motifs is 1. The lowest BCUT2D eigenvalue weighted by atomic mass is 9.98. The summed E-state index contributed by atoms with van der Waals surface area (Å²) in [5.41, 5.74) is 1.68. The number of nitrogens with zero attached hydrogens (tertiary/aromatic N) is 4. The molecule has 2 aromatic heterocycles. The van der Waals surface area contributed by atoms with Crippen molar-refractivity contribution in [3.05, 3.63) is 64.7 Å². The molecule has 1 amide bonds. The number of amides is 1. The van der Waals surface area contributed by atoms with E-state index in [1.54, 1.807) is 23.2 Å². The molecule has 1 aliphatic rings. The highest BCUT2D eigenvalue weighted by Gasteiger charge is 2.39. The fourth-order valence-electron chi connectivity index (χ4n) is 3.74. The second-order valence-electron chi connectivity index (χ2n) is 7.62. The Hall–Kier alpha value is -2.88. The van der Waals surface area contributed by atoms with Gasteiger partial charge >= 0.3 is 6.18 Å². The highest BCUT2D eigenvalue weighted by atomic mass is 79.9. The Balaban J connectivity index is 1.81. The van der Waals surface area contributed by atoms with E-state index in [9.17, 15) is 18.0 Å². The van der Waals surface area contributed by atoms with E-state index in [4.69, 9.17) is 4.74 Å². The van der Waals surface area contributed by atoms with E-state index >= 15 is 0 Å². The van der Waals surface area contributed by atoms with E-state index in [-0.39, 0.29) is 48.0 Å². The first kappa shape index (κ1) is 22.3. The number of aryl methyl sites for hydroxylation is 2. The summed E-state index contributed by atoms with van der Waals surface area (Å²) in [5.74, 6) is -0.180. The molecule has 0 saturated heterocycles. The van der Waals surface area contributed by atoms with Gasteiger partial charge in [0.15, 0.2) is 5.69 Å². The Labute approximate surface area is 191 Å². The topological polar surface area (TPSA) is 60.3 Å². The van der Waals surface area contributed by atoms with E-state index in [2.05, 4.69) is 26.0 Å². The number of hydrogen-bond acceptors (Lipinski definition) is 4. The van der Waals surface area contributed by atoms with Crippen LogP contribution >= 0.6 is 15.9 Å². The Morgan fingerprint density at radius 2 is 1.94 bits per heavy atom. The van der Waals surface area contributed by atoms with Crippen LogP contribution in [0, 0.1) is 6.92 Å². The number of pyridine rings is 1. The van der Waals surface area contributed by atoms with Gasteiger partial charge in [0.2, 0.25) is 0 Å². The lowest BCUT2D eigenvalue weighted by Gasteiger charge is -2.20. The normalized spacial score (nSPS) is 14.2. The van der Waals surface area contributed by atoms with Gasteiger partial charge in [-0.2, -0.15) is 18.3 Å². The van der Waals surface area contributed by atoms with Gasteiger partial charge in [0.1, 0.15) is 12.4 Å². The third kappa shape index (κ3) is 4.36. The zero-order valence-electron chi connectivity index (χ0n) is 17.4. The van der Waals surface area contributed by atoms with Crippen molar-refractivity contribution in [1.82, 2.24) is 19.7 Å². The summed E-state index contributed by atoms with van der Waals surface area (Å²) in [6.45, 7) is 2.64. The average Bonchev–Trinajstić information content (AvgIpc) is 3.07. The van der Waals surface area contributed by atoms with Crippen molar-refractivity contribution in [3.8, 4) is 16.9 Å². The van der Waals surface area contributed by atoms with E-state index in [0.29, 0.717) is 10.9 Å². The molecular weight excluding hydrogens is 489 g/mol. The smallest absolute Gasteiger partial charge is 0.435 e. The van der Waals surface area contributed by atoms with Gasteiger partial charge in [0, 0.05) is 35.9 Å². The maximum absolute atomic E-state index is 13.6. The molecule has 0 unspecified atom stereocenters. The molecule has 0 N–H and O–H groups in total. The number of ether oxygens (including phenoxy) is 1. The summed E-state index contributed by atoms with van der Waals surface area (Å²) in [6.07, 6.45) is -1.67. The summed E-state index contributed by atoms with van der Waals surface area (Å²) < 4.78 is 47.9. The van der Waals surface area contributed by atoms with Gasteiger partial charge < -0.3 is 9.64 Å². The average molecular weight is 509 g/mol. The van der Waals surface area contributed by atoms with Crippen LogP contribution in [0.4, 0.5) is 13.2 Å². The standard InChI is InChI=1S/C22H20BrF3N4O2/c1-13-3-4-27-15(7-13)11-30-5-6-32-19-16(8-14(10-23)9-17(19)21(30)31)18-12-29(2)28-20(18)22(24,25)26/h3-4,7-9,12H,5-6,10-11H2,1-2H3. The molecule has 3 aromatic rings. The number of aromatic nitrogens is 3. The van der Waals surface area contributed by atoms with Gasteiger partial charge in [-0.3, -0.25) is 14.5 Å². The van der Waals surface area contributed by atoms with Gasteiger partial charge in [0.25, 0.3) is 5.91 Å². The van der Waals surface area contributed by atoms with Crippen LogP contribution in [0.3, 0.4) is 0 Å². The van der Waals surface area contributed by atoms with Gasteiger partial charge in [-0.05, 0) is 42.3 Å². The Kier molecular flexibility index (Phi) is 5.98. The minimum absolute atomic E-state index is 0.124. The molecule has 3 heterocycles. The summed E-state index contributed by atoms with van der Waals surface area (Å²) in [5, 5.41) is 3.97. The lowest BCUT2D eigenvalue weighted by molar-refractivity contribution is -0.140. The molecule has 0 radical (unpaired) electrons. The van der Waals surface area contributed by atoms with Gasteiger partial charge in [-0.25, -0.2) is 0 Å². The number of hydrogen-bond donors (Lipinski definition) is 0. The fraction of sp³-hybridized carbons (Fsp3) is 0.318. The molecule has 4 rings (SSSR count). The first-order chi connectivity index (χ1) is 15.2. The summed E-state index contributed by atoms with van der Waals surface area (Å²) >= 11 is 3.35. The Bertz CT molecular complexity index is 1180. The van der Waals surface area contributed by atoms with Crippen molar-refractivity contribution in [2.75, 3.05) is 13.2 Å². The van der Waals surface area contributed by atoms with Crippen LogP contribution < -0.4 is 4.74 Å². The third-order valence-corrected chi connectivity index (χ3v) is 5.79. The lowest BCUT2D eigenvalue weighted by Crippen LogP contribution is -2.32. The molecular formula is C22H20BrF3N4O2. The molecule has 168 valence electrons. The van der Waals surface area contributed by atoms with Crippen LogP contribution in [-0.4, -0.2) is 38.7 Å². The van der Waals surface area contributed by atoms with Crippen LogP contribution in [0.25, 0.3) is 11.1 Å². The van der Waals surface area contributed by atoms with Crippen molar-refractivity contribution in [2.24, 2.45) is 7.05 Å². The number of alkyl halides is 4. The number of rotatable bonds is 4. The second-order valence-corrected chi connectivity index (χ2v) is 8.18. The maximum atomic E-state index is 13.6. The molecule has 0 atom stereocenters. The first-order valence-electron chi connectivity index (χ1n) is 9.85. The maximum Gasteiger partial charge on any atom is 0.435 e. The van der Waals surface area contributed by atoms with Crippen molar-refractivity contribution >= 4 is 21.8 Å². The van der Waals surface area contributed by atoms with Crippen LogP contribution in [0.15, 0.2) is 36.7 Å². The Morgan fingerprint density at radius 3 is 2.62 bits per heavy atom. The molecule has 6 nitrogen and oxygen atoms in total. The predicted molar refractivity (Wildman–Crippen MR) is 115 cm³/mol. The van der Waals surface area contributed by atoms with Gasteiger partial charge in [-0.1, -0.05) is 15.9 Å². The molecule has 1 aromatic carbocycles. The third-order valence-electron chi connectivity index (χ3n) is 5.14. The number of carbonyl (C=O) groups excluding carboxylic acids is 1. The van der Waals surface area contributed by atoms with E-state index in [0.717, 1.165) is 15.9 Å². The minimum Gasteiger partial charge on any atom is -0.490 e. The van der Waals surface area contributed by atoms with Crippen LogP contribution in [0.1, 0.15) is 32.9 Å². The monoisotopic (exact) mass is 508 g/mol. The number of carbonyl (C=O) groups is 1. The SMILES string of the molecule is Cc1ccnc(CN2CCOc3c(cc(CBr)cc3-c3cn(C)nc3C(F)(F)F)C2=O)c1. The molecule has 0 aliphatic carbocycles. The van der Waals surface area contributed by atoms with E-state index in [1.165, 1.54) is 13.2 Å². The molecule has 0 saturated carbocycles. The molecule has 1 aliphatic heterocycles. The van der Waals surface area contributed by atoms with Crippen molar-refractivity contribution in [3.63, 3.8) is 0 Å². The molecule has 0 spiro atoms. The van der Waals surface area contributed by atoms with Crippen LogP contribution in [-0.2, 0) is 25.1 Å². The summed E-state index contributed by atoms with van der Waals surface area (Å²) in [7, 11) is 1.42. The quantitative estimate of drug-likeness (QED) is 0.477. The summed E-state index contributed by atoms with van der Waals surface area (Å²) in [6, 6.07) is 7.02. The largest absolute Gasteiger partial charge is 0.490 e. The second kappa shape index (κ2) is 8.57. The zero-order chi connectivity index (χ0) is 23.0. The minimum atomic E-state index is -4.65. The zero-order valence-corrected chi connectivity index (χ0v) is 19.0. The van der Waals surface area contributed by atoms with Crippen LogP contribution in [0.2, 0.25) is 0 Å². The van der Waals surface area contributed by atoms with Crippen molar-refractivity contribution in [2.45, 2.75) is 25.0 Å². The van der Waals surface area contributed by atoms with E-state index in [1.807, 2.05) is 19.1 Å². The van der Waals surface area contributed by atoms with Crippen LogP contribution in [0.5, 0.6) is 5.75 Å². The summed E-state index contributed by atoms with van der Waals surface area (Å²) in [4.78, 5) is 19.3. The van der Waals surface area contributed by atoms with Crippen molar-refractivity contribution in [1.29, 1.82) is 0 Å². The van der Waals surface area contributed by atoms with Gasteiger partial charge in [-0.15, -0.1) is 0 Å².